The fourth-order valence-electron chi connectivity index (χ4n) is 6.09. The Labute approximate surface area is 280 Å². The van der Waals surface area contributed by atoms with E-state index >= 15 is 0 Å². The zero-order chi connectivity index (χ0) is 35.6. The first-order valence-electron chi connectivity index (χ1n) is 16.9. The van der Waals surface area contributed by atoms with Crippen molar-refractivity contribution in [3.05, 3.63) is 0 Å². The highest BCUT2D eigenvalue weighted by Crippen LogP contribution is 2.35. The van der Waals surface area contributed by atoms with Crippen LogP contribution in [0.25, 0.3) is 0 Å². The fraction of sp³-hybridized carbons (Fsp3) is 0.967. The van der Waals surface area contributed by atoms with Crippen LogP contribution in [0.2, 0.25) is 0 Å². The number of hydrogen-bond donors (Lipinski definition) is 11. The van der Waals surface area contributed by atoms with Crippen LogP contribution in [-0.2, 0) is 33.2 Å². The molecule has 3 rings (SSSR count). The van der Waals surface area contributed by atoms with Gasteiger partial charge in [-0.05, 0) is 19.4 Å². The van der Waals surface area contributed by atoms with E-state index < -0.39 is 117 Å². The molecule has 18 heteroatoms. The number of nitrogens with two attached hydrogens (primary N) is 2. The molecule has 15 atom stereocenters. The van der Waals surface area contributed by atoms with Crippen LogP contribution in [0.3, 0.4) is 0 Å². The van der Waals surface area contributed by atoms with Crippen molar-refractivity contribution < 1.29 is 74.1 Å². The lowest BCUT2D eigenvalue weighted by molar-refractivity contribution is -0.399. The van der Waals surface area contributed by atoms with E-state index in [2.05, 4.69) is 12.2 Å². The average molecular weight is 700 g/mol. The van der Waals surface area contributed by atoms with Gasteiger partial charge in [0.25, 0.3) is 5.79 Å². The second-order valence-electron chi connectivity index (χ2n) is 12.7. The maximum absolute atomic E-state index is 12.7. The Hall–Kier alpha value is -1.17. The van der Waals surface area contributed by atoms with Gasteiger partial charge in [-0.15, -0.1) is 0 Å². The molecule has 3 saturated heterocycles. The van der Waals surface area contributed by atoms with E-state index in [0.29, 0.717) is 19.4 Å². The lowest BCUT2D eigenvalue weighted by Crippen LogP contribution is -2.72. The summed E-state index contributed by atoms with van der Waals surface area (Å²) in [4.78, 5) is 12.7. The van der Waals surface area contributed by atoms with Crippen molar-refractivity contribution in [2.75, 3.05) is 26.4 Å². The molecule has 0 bridgehead atoms. The highest BCUT2D eigenvalue weighted by molar-refractivity contribution is 5.69. The Morgan fingerprint density at radius 1 is 0.771 bits per heavy atom. The van der Waals surface area contributed by atoms with E-state index in [-0.39, 0.29) is 6.42 Å². The summed E-state index contributed by atoms with van der Waals surface area (Å²) < 4.78 is 34.3. The predicted molar refractivity (Wildman–Crippen MR) is 164 cm³/mol. The normalized spacial score (nSPS) is 42.1. The number of rotatable bonds is 18. The van der Waals surface area contributed by atoms with Crippen molar-refractivity contribution in [2.45, 2.75) is 157 Å². The number of carbonyl (C=O) groups is 1. The molecule has 0 aromatic rings. The van der Waals surface area contributed by atoms with Gasteiger partial charge >= 0.3 is 5.97 Å². The second kappa shape index (κ2) is 19.4. The van der Waals surface area contributed by atoms with Gasteiger partial charge in [0.15, 0.2) is 18.9 Å². The molecule has 0 amide bonds. The van der Waals surface area contributed by atoms with Crippen LogP contribution in [-0.4, -0.2) is 165 Å². The molecular weight excluding hydrogens is 642 g/mol. The van der Waals surface area contributed by atoms with Crippen molar-refractivity contribution >= 4 is 5.97 Å². The van der Waals surface area contributed by atoms with E-state index in [9.17, 15) is 45.6 Å². The predicted octanol–water partition coefficient (Wildman–Crippen LogP) is -4.01. The second-order valence-corrected chi connectivity index (χ2v) is 12.7. The first-order valence-corrected chi connectivity index (χ1v) is 16.9. The maximum Gasteiger partial charge on any atom is 0.308 e. The number of esters is 1. The summed E-state index contributed by atoms with van der Waals surface area (Å²) in [6.45, 7) is 1.80. The van der Waals surface area contributed by atoms with E-state index in [1.54, 1.807) is 0 Å². The zero-order valence-corrected chi connectivity index (χ0v) is 27.7. The molecule has 3 heterocycles. The molecule has 13 N–H and O–H groups in total. The molecule has 3 aliphatic rings. The molecule has 0 radical (unpaired) electrons. The Kier molecular flexibility index (Phi) is 16.7. The molecule has 0 aromatic heterocycles. The van der Waals surface area contributed by atoms with Crippen molar-refractivity contribution in [1.82, 2.24) is 5.32 Å². The van der Waals surface area contributed by atoms with Gasteiger partial charge in [0, 0.05) is 6.42 Å². The third-order valence-electron chi connectivity index (χ3n) is 9.03. The molecule has 48 heavy (non-hydrogen) atoms. The van der Waals surface area contributed by atoms with Gasteiger partial charge in [-0.3, -0.25) is 4.79 Å². The standard InChI is InChI=1S/C30H57N3O15/c1-3-5-6-7-8-9-10-17(37)47-30(14-36)26(41)22(39)19(32)28(48-30)45-25-16(13-35)44-29(20(23(25)40)33-11-4-2)46-24-15(12-34)43-27(42)18(31)21(24)38/h15-16,18-29,33-36,38-42H,3-14,31-32H2,1-2H3/t15-,16-,18-,19-,20-,21-,22-,23-,24?,25?,26+,27-,28+,29+,30+/m1/s1. The van der Waals surface area contributed by atoms with Gasteiger partial charge in [-0.2, -0.15) is 0 Å². The lowest BCUT2D eigenvalue weighted by Gasteiger charge is -2.51. The molecule has 2 unspecified atom stereocenters. The Morgan fingerprint density at radius 3 is 2.00 bits per heavy atom. The molecular formula is C30H57N3O15. The van der Waals surface area contributed by atoms with Gasteiger partial charge in [0.05, 0.1) is 31.3 Å². The fourth-order valence-corrected chi connectivity index (χ4v) is 6.09. The van der Waals surface area contributed by atoms with Crippen LogP contribution < -0.4 is 16.8 Å². The highest BCUT2D eigenvalue weighted by Gasteiger charge is 2.58. The minimum absolute atomic E-state index is 0.0344. The first kappa shape index (κ1) is 41.3. The van der Waals surface area contributed by atoms with Crippen LogP contribution in [0.15, 0.2) is 0 Å². The number of carbonyl (C=O) groups excluding carboxylic acids is 1. The van der Waals surface area contributed by atoms with Gasteiger partial charge in [0.2, 0.25) is 0 Å². The SMILES string of the molecule is CCCCCCCCC(=O)O[C@@]1(CO)O[C@H](OC2[C@@H](CO)O[C@@H](OC3[C@@H](CO)O[C@@H](O)[C@H](N)[C@H]3O)[C@H](NCCC)[C@H]2O)[C@H](N)[C@@H](O)[C@@H]1O. The molecule has 0 saturated carbocycles. The van der Waals surface area contributed by atoms with Gasteiger partial charge < -0.3 is 86.1 Å². The summed E-state index contributed by atoms with van der Waals surface area (Å²) in [6, 6.07) is -3.88. The van der Waals surface area contributed by atoms with Crippen LogP contribution in [0.5, 0.6) is 0 Å². The maximum atomic E-state index is 12.7. The molecule has 0 spiro atoms. The molecule has 0 aromatic carbocycles. The van der Waals surface area contributed by atoms with E-state index in [1.807, 2.05) is 6.92 Å². The van der Waals surface area contributed by atoms with Crippen LogP contribution >= 0.6 is 0 Å². The number of aliphatic hydroxyl groups excluding tert-OH is 8. The minimum Gasteiger partial charge on any atom is -0.427 e. The lowest BCUT2D eigenvalue weighted by atomic mass is 9.93. The highest BCUT2D eigenvalue weighted by atomic mass is 16.8. The number of hydrogen-bond acceptors (Lipinski definition) is 18. The molecule has 3 fully saturated rings. The third-order valence-corrected chi connectivity index (χ3v) is 9.03. The van der Waals surface area contributed by atoms with Crippen molar-refractivity contribution in [2.24, 2.45) is 11.5 Å². The quantitative estimate of drug-likeness (QED) is 0.0480. The van der Waals surface area contributed by atoms with Crippen LogP contribution in [0, 0.1) is 0 Å². The number of aliphatic hydroxyl groups is 8. The average Bonchev–Trinajstić information content (AvgIpc) is 3.08. The number of nitrogens with one attached hydrogen (secondary N) is 1. The van der Waals surface area contributed by atoms with Crippen LogP contribution in [0.1, 0.15) is 65.2 Å². The molecule has 0 aliphatic carbocycles. The van der Waals surface area contributed by atoms with Gasteiger partial charge in [-0.1, -0.05) is 46.0 Å². The smallest absolute Gasteiger partial charge is 0.308 e. The first-order chi connectivity index (χ1) is 22.9. The number of unbranched alkanes of at least 4 members (excludes halogenated alkanes) is 5. The summed E-state index contributed by atoms with van der Waals surface area (Å²) in [5.74, 6) is -3.25. The Morgan fingerprint density at radius 2 is 1.38 bits per heavy atom. The summed E-state index contributed by atoms with van der Waals surface area (Å²) >= 11 is 0. The summed E-state index contributed by atoms with van der Waals surface area (Å²) in [7, 11) is 0. The van der Waals surface area contributed by atoms with Crippen molar-refractivity contribution in [3.63, 3.8) is 0 Å². The van der Waals surface area contributed by atoms with Crippen LogP contribution in [0.4, 0.5) is 0 Å². The summed E-state index contributed by atoms with van der Waals surface area (Å²) in [6.07, 6.45) is -10.9. The van der Waals surface area contributed by atoms with E-state index in [4.69, 9.17) is 39.9 Å². The van der Waals surface area contributed by atoms with E-state index in [0.717, 1.165) is 32.1 Å². The van der Waals surface area contributed by atoms with Gasteiger partial charge in [-0.25, -0.2) is 0 Å². The van der Waals surface area contributed by atoms with E-state index in [1.165, 1.54) is 0 Å². The molecule has 3 aliphatic heterocycles. The summed E-state index contributed by atoms with van der Waals surface area (Å²) in [5, 5.41) is 87.3. The number of ether oxygens (including phenoxy) is 6. The topological polar surface area (TPSA) is 298 Å². The van der Waals surface area contributed by atoms with Gasteiger partial charge in [0.1, 0.15) is 55.4 Å². The Balaban J connectivity index is 1.78. The minimum atomic E-state index is -2.46. The largest absolute Gasteiger partial charge is 0.427 e. The van der Waals surface area contributed by atoms with Crippen molar-refractivity contribution in [3.8, 4) is 0 Å². The molecule has 18 nitrogen and oxygen atoms in total. The summed E-state index contributed by atoms with van der Waals surface area (Å²) in [5.41, 5.74) is 12.0. The molecule has 282 valence electrons. The monoisotopic (exact) mass is 699 g/mol. The Bertz CT molecular complexity index is 955. The van der Waals surface area contributed by atoms with Crippen molar-refractivity contribution in [1.29, 1.82) is 0 Å². The zero-order valence-electron chi connectivity index (χ0n) is 27.7. The third kappa shape index (κ3) is 9.78.